The van der Waals surface area contributed by atoms with Crippen molar-refractivity contribution >= 4 is 0 Å². The molecule has 1 aliphatic rings. The Morgan fingerprint density at radius 1 is 1.43 bits per heavy atom. The van der Waals surface area contributed by atoms with Gasteiger partial charge in [-0.2, -0.15) is 0 Å². The number of hydrogen-bond donors (Lipinski definition) is 2. The Morgan fingerprint density at radius 2 is 2.14 bits per heavy atom. The minimum absolute atomic E-state index is 0.0702. The van der Waals surface area contributed by atoms with Crippen LogP contribution in [0.1, 0.15) is 18.9 Å². The van der Waals surface area contributed by atoms with Crippen molar-refractivity contribution in [2.45, 2.75) is 31.4 Å². The van der Waals surface area contributed by atoms with Gasteiger partial charge < -0.3 is 10.4 Å². The van der Waals surface area contributed by atoms with Gasteiger partial charge in [-0.25, -0.2) is 0 Å². The second kappa shape index (κ2) is 3.71. The van der Waals surface area contributed by atoms with Gasteiger partial charge in [0.15, 0.2) is 0 Å². The summed E-state index contributed by atoms with van der Waals surface area (Å²) >= 11 is 0. The van der Waals surface area contributed by atoms with Crippen molar-refractivity contribution in [3.8, 4) is 0 Å². The lowest BCUT2D eigenvalue weighted by atomic mass is 9.91. The molecule has 1 aromatic rings. The number of aliphatic hydroxyl groups excluding tert-OH is 1. The van der Waals surface area contributed by atoms with Crippen molar-refractivity contribution in [1.82, 2.24) is 5.32 Å². The number of aliphatic hydroxyl groups is 1. The Kier molecular flexibility index (Phi) is 2.57. The molecule has 0 amide bonds. The SMILES string of the molecule is CC1(Cc2ccccc2)CC(O)CN1. The number of benzene rings is 1. The van der Waals surface area contributed by atoms with Crippen molar-refractivity contribution in [1.29, 1.82) is 0 Å². The van der Waals surface area contributed by atoms with Gasteiger partial charge in [-0.3, -0.25) is 0 Å². The first kappa shape index (κ1) is 9.69. The lowest BCUT2D eigenvalue weighted by molar-refractivity contribution is 0.186. The molecule has 2 rings (SSSR count). The predicted molar refractivity (Wildman–Crippen MR) is 57.2 cm³/mol. The van der Waals surface area contributed by atoms with Crippen LogP contribution in [0.25, 0.3) is 0 Å². The van der Waals surface area contributed by atoms with Gasteiger partial charge in [0.1, 0.15) is 0 Å². The summed E-state index contributed by atoms with van der Waals surface area (Å²) in [5.74, 6) is 0. The molecule has 1 aliphatic heterocycles. The summed E-state index contributed by atoms with van der Waals surface area (Å²) in [5, 5.41) is 12.9. The van der Waals surface area contributed by atoms with Gasteiger partial charge in [0.05, 0.1) is 6.10 Å². The van der Waals surface area contributed by atoms with Crippen LogP contribution in [0.3, 0.4) is 0 Å². The summed E-state index contributed by atoms with van der Waals surface area (Å²) in [5.41, 5.74) is 1.40. The smallest absolute Gasteiger partial charge is 0.0682 e. The molecule has 1 fully saturated rings. The lowest BCUT2D eigenvalue weighted by Gasteiger charge is -2.24. The average Bonchev–Trinajstić information content (AvgIpc) is 2.47. The van der Waals surface area contributed by atoms with Crippen LogP contribution in [0.15, 0.2) is 30.3 Å². The van der Waals surface area contributed by atoms with E-state index in [4.69, 9.17) is 0 Å². The molecule has 0 spiro atoms. The molecule has 0 saturated carbocycles. The molecule has 2 unspecified atom stereocenters. The second-order valence-electron chi connectivity index (χ2n) is 4.46. The van der Waals surface area contributed by atoms with E-state index in [1.54, 1.807) is 0 Å². The van der Waals surface area contributed by atoms with Crippen LogP contribution in [0.2, 0.25) is 0 Å². The lowest BCUT2D eigenvalue weighted by Crippen LogP contribution is -2.38. The average molecular weight is 191 g/mol. The van der Waals surface area contributed by atoms with Gasteiger partial charge in [-0.15, -0.1) is 0 Å². The highest BCUT2D eigenvalue weighted by molar-refractivity contribution is 5.18. The Morgan fingerprint density at radius 3 is 2.71 bits per heavy atom. The van der Waals surface area contributed by atoms with Gasteiger partial charge in [0.25, 0.3) is 0 Å². The normalized spacial score (nSPS) is 32.0. The molecule has 2 atom stereocenters. The van der Waals surface area contributed by atoms with Crippen molar-refractivity contribution in [3.63, 3.8) is 0 Å². The topological polar surface area (TPSA) is 32.3 Å². The van der Waals surface area contributed by atoms with Gasteiger partial charge in [-0.1, -0.05) is 30.3 Å². The molecule has 2 nitrogen and oxygen atoms in total. The van der Waals surface area contributed by atoms with Crippen LogP contribution in [0.5, 0.6) is 0 Å². The standard InChI is InChI=1S/C12H17NO/c1-12(8-11(14)9-13-12)7-10-5-3-2-4-6-10/h2-6,11,13-14H,7-9H2,1H3. The van der Waals surface area contributed by atoms with Crippen LogP contribution in [-0.2, 0) is 6.42 Å². The van der Waals surface area contributed by atoms with E-state index in [-0.39, 0.29) is 11.6 Å². The molecule has 76 valence electrons. The Bertz CT molecular complexity index is 298. The number of rotatable bonds is 2. The van der Waals surface area contributed by atoms with Gasteiger partial charge in [0, 0.05) is 12.1 Å². The fourth-order valence-corrected chi connectivity index (χ4v) is 2.21. The third-order valence-electron chi connectivity index (χ3n) is 2.89. The molecule has 2 N–H and O–H groups in total. The highest BCUT2D eigenvalue weighted by Crippen LogP contribution is 2.23. The van der Waals surface area contributed by atoms with E-state index in [0.717, 1.165) is 19.4 Å². The van der Waals surface area contributed by atoms with Crippen LogP contribution in [-0.4, -0.2) is 23.3 Å². The molecule has 1 heterocycles. The Labute approximate surface area is 85.0 Å². The Balaban J connectivity index is 2.04. The molecule has 0 bridgehead atoms. The monoisotopic (exact) mass is 191 g/mol. The van der Waals surface area contributed by atoms with Gasteiger partial charge >= 0.3 is 0 Å². The molecule has 1 aromatic carbocycles. The zero-order chi connectivity index (χ0) is 10.0. The molecular formula is C12H17NO. The highest BCUT2D eigenvalue weighted by Gasteiger charge is 2.33. The molecule has 14 heavy (non-hydrogen) atoms. The first-order chi connectivity index (χ1) is 6.68. The summed E-state index contributed by atoms with van der Waals surface area (Å²) in [6.45, 7) is 2.90. The largest absolute Gasteiger partial charge is 0.392 e. The van der Waals surface area contributed by atoms with E-state index in [9.17, 15) is 5.11 Å². The maximum atomic E-state index is 9.48. The van der Waals surface area contributed by atoms with E-state index < -0.39 is 0 Å². The molecule has 0 aromatic heterocycles. The summed E-state index contributed by atoms with van der Waals surface area (Å²) in [7, 11) is 0. The first-order valence-electron chi connectivity index (χ1n) is 5.15. The maximum absolute atomic E-state index is 9.48. The van der Waals surface area contributed by atoms with Crippen molar-refractivity contribution in [2.75, 3.05) is 6.54 Å². The Hall–Kier alpha value is -0.860. The summed E-state index contributed by atoms with van der Waals surface area (Å²) < 4.78 is 0. The van der Waals surface area contributed by atoms with E-state index in [0.29, 0.717) is 0 Å². The van der Waals surface area contributed by atoms with E-state index in [2.05, 4.69) is 36.5 Å². The van der Waals surface area contributed by atoms with Crippen LogP contribution >= 0.6 is 0 Å². The molecule has 1 saturated heterocycles. The predicted octanol–water partition coefficient (Wildman–Crippen LogP) is 1.34. The fraction of sp³-hybridized carbons (Fsp3) is 0.500. The molecule has 0 radical (unpaired) electrons. The van der Waals surface area contributed by atoms with Crippen molar-refractivity contribution in [2.24, 2.45) is 0 Å². The summed E-state index contributed by atoms with van der Waals surface area (Å²) in [4.78, 5) is 0. The second-order valence-corrected chi connectivity index (χ2v) is 4.46. The minimum atomic E-state index is -0.177. The maximum Gasteiger partial charge on any atom is 0.0682 e. The van der Waals surface area contributed by atoms with Gasteiger partial charge in [0.2, 0.25) is 0 Å². The van der Waals surface area contributed by atoms with E-state index >= 15 is 0 Å². The van der Waals surface area contributed by atoms with Crippen molar-refractivity contribution in [3.05, 3.63) is 35.9 Å². The fourth-order valence-electron chi connectivity index (χ4n) is 2.21. The molecule has 2 heteroatoms. The zero-order valence-corrected chi connectivity index (χ0v) is 8.53. The van der Waals surface area contributed by atoms with Crippen molar-refractivity contribution < 1.29 is 5.11 Å². The number of β-amino-alcohol motifs (C(OH)–C–C–N with tert-alkyl or cyclic N) is 1. The van der Waals surface area contributed by atoms with E-state index in [1.807, 2.05) is 6.07 Å². The number of nitrogens with one attached hydrogen (secondary N) is 1. The van der Waals surface area contributed by atoms with Gasteiger partial charge in [-0.05, 0) is 25.3 Å². The van der Waals surface area contributed by atoms with Crippen LogP contribution in [0.4, 0.5) is 0 Å². The number of hydrogen-bond acceptors (Lipinski definition) is 2. The van der Waals surface area contributed by atoms with E-state index in [1.165, 1.54) is 5.56 Å². The molecular weight excluding hydrogens is 174 g/mol. The summed E-state index contributed by atoms with van der Waals surface area (Å²) in [6, 6.07) is 10.4. The third kappa shape index (κ3) is 2.14. The first-order valence-corrected chi connectivity index (χ1v) is 5.15. The van der Waals surface area contributed by atoms with Crippen LogP contribution < -0.4 is 5.32 Å². The minimum Gasteiger partial charge on any atom is -0.392 e. The third-order valence-corrected chi connectivity index (χ3v) is 2.89. The van der Waals surface area contributed by atoms with Crippen LogP contribution in [0, 0.1) is 0 Å². The zero-order valence-electron chi connectivity index (χ0n) is 8.53. The molecule has 0 aliphatic carbocycles. The highest BCUT2D eigenvalue weighted by atomic mass is 16.3. The summed E-state index contributed by atoms with van der Waals surface area (Å²) in [6.07, 6.45) is 1.66. The quantitative estimate of drug-likeness (QED) is 0.739.